The van der Waals surface area contributed by atoms with E-state index in [0.29, 0.717) is 31.1 Å². The van der Waals surface area contributed by atoms with Crippen LogP contribution < -0.4 is 5.32 Å². The Kier molecular flexibility index (Phi) is 11.5. The second kappa shape index (κ2) is 16.8. The quantitative estimate of drug-likeness (QED) is 0.179. The highest BCUT2D eigenvalue weighted by atomic mass is 16.5. The molecule has 3 fully saturated rings. The van der Waals surface area contributed by atoms with E-state index in [1.54, 1.807) is 6.20 Å². The van der Waals surface area contributed by atoms with Gasteiger partial charge in [0.2, 0.25) is 11.8 Å². The summed E-state index contributed by atoms with van der Waals surface area (Å²) in [6.07, 6.45) is 8.81. The van der Waals surface area contributed by atoms with Crippen LogP contribution in [0.25, 0.3) is 28.0 Å². The maximum absolute atomic E-state index is 13.8. The van der Waals surface area contributed by atoms with Crippen molar-refractivity contribution in [1.82, 2.24) is 25.1 Å². The first kappa shape index (κ1) is 41.2. The molecule has 60 heavy (non-hydrogen) atoms. The molecule has 2 N–H and O–H groups in total. The summed E-state index contributed by atoms with van der Waals surface area (Å²) in [6, 6.07) is 11.6. The Bertz CT molecular complexity index is 2260. The Balaban J connectivity index is 0.998. The molecule has 0 spiro atoms. The number of hydrogen-bond donors (Lipinski definition) is 2. The predicted molar refractivity (Wildman–Crippen MR) is 227 cm³/mol. The molecule has 1 saturated carbocycles. The topological polar surface area (TPSA) is 163 Å². The number of Topliss-reactive ketones (excluding diaryl/α,β-unsaturated/α-hetero) is 1. The number of aliphatic imine (C=N–C) groups is 1. The third kappa shape index (κ3) is 7.44. The van der Waals surface area contributed by atoms with E-state index in [1.165, 1.54) is 14.2 Å². The summed E-state index contributed by atoms with van der Waals surface area (Å²) in [7, 11) is 2.65. The number of imidazole rings is 1. The van der Waals surface area contributed by atoms with Gasteiger partial charge >= 0.3 is 12.1 Å². The molecular formula is C47H56N6O7. The van der Waals surface area contributed by atoms with Gasteiger partial charge in [-0.1, -0.05) is 64.1 Å². The van der Waals surface area contributed by atoms with E-state index in [1.807, 2.05) is 43.7 Å². The highest BCUT2D eigenvalue weighted by Gasteiger charge is 2.48. The molecule has 4 heterocycles. The molecule has 3 aromatic rings. The van der Waals surface area contributed by atoms with Crippen molar-refractivity contribution in [2.45, 2.75) is 109 Å². The van der Waals surface area contributed by atoms with Gasteiger partial charge in [0.25, 0.3) is 0 Å². The molecular weight excluding hydrogens is 761 g/mol. The van der Waals surface area contributed by atoms with Crippen molar-refractivity contribution in [2.24, 2.45) is 22.7 Å². The summed E-state index contributed by atoms with van der Waals surface area (Å²) in [5, 5.41) is 2.70. The fraction of sp³-hybridized carbons (Fsp3) is 0.511. The lowest BCUT2D eigenvalue weighted by atomic mass is 9.80. The van der Waals surface area contributed by atoms with Gasteiger partial charge in [0, 0.05) is 43.3 Å². The van der Waals surface area contributed by atoms with Crippen LogP contribution in [0.15, 0.2) is 53.8 Å². The first-order valence-electron chi connectivity index (χ1n) is 21.5. The van der Waals surface area contributed by atoms with E-state index in [-0.39, 0.29) is 60.0 Å². The van der Waals surface area contributed by atoms with Crippen LogP contribution in [0.4, 0.5) is 4.79 Å². The summed E-state index contributed by atoms with van der Waals surface area (Å²) in [5.74, 6) is -0.349. The number of H-pyrrole nitrogens is 1. The summed E-state index contributed by atoms with van der Waals surface area (Å²) in [4.78, 5) is 82.3. The fourth-order valence-corrected chi connectivity index (χ4v) is 10.3. The van der Waals surface area contributed by atoms with Gasteiger partial charge in [-0.05, 0) is 89.3 Å². The number of likely N-dealkylation sites (tertiary alicyclic amines) is 2. The smallest absolute Gasteiger partial charge is 0.407 e. The van der Waals surface area contributed by atoms with Gasteiger partial charge in [-0.15, -0.1) is 0 Å². The summed E-state index contributed by atoms with van der Waals surface area (Å²) in [6.45, 7) is 8.97. The molecule has 2 bridgehead atoms. The number of fused-ring (bicyclic) bond motifs is 5. The number of aromatic amines is 1. The van der Waals surface area contributed by atoms with E-state index < -0.39 is 18.1 Å². The number of carbonyl (C=O) groups excluding carboxylic acids is 5. The fourth-order valence-electron chi connectivity index (χ4n) is 10.3. The molecule has 2 saturated heterocycles. The largest absolute Gasteiger partial charge is 0.469 e. The maximum atomic E-state index is 13.8. The number of rotatable bonds is 12. The molecule has 316 valence electrons. The molecule has 2 aliphatic carbocycles. The third-order valence-corrected chi connectivity index (χ3v) is 13.5. The van der Waals surface area contributed by atoms with Crippen LogP contribution in [0.3, 0.4) is 0 Å². The molecule has 1 aromatic heterocycles. The Hall–Kier alpha value is -5.59. The average molecular weight is 817 g/mol. The van der Waals surface area contributed by atoms with Crippen molar-refractivity contribution in [3.8, 4) is 22.4 Å². The van der Waals surface area contributed by atoms with Gasteiger partial charge in [0.15, 0.2) is 0 Å². The lowest BCUT2D eigenvalue weighted by Crippen LogP contribution is -2.51. The number of esters is 1. The first-order valence-corrected chi connectivity index (χ1v) is 21.5. The molecule has 6 atom stereocenters. The minimum absolute atomic E-state index is 0.00451. The van der Waals surface area contributed by atoms with E-state index in [2.05, 4.69) is 46.7 Å². The molecule has 3 aliphatic heterocycles. The van der Waals surface area contributed by atoms with Crippen LogP contribution in [-0.2, 0) is 28.7 Å². The number of aromatic nitrogens is 2. The van der Waals surface area contributed by atoms with Gasteiger partial charge in [0.05, 0.1) is 50.5 Å². The molecule has 8 rings (SSSR count). The number of nitrogens with one attached hydrogen (secondary N) is 2. The number of nitrogens with zero attached hydrogens (tertiary/aromatic N) is 4. The molecule has 0 radical (unpaired) electrons. The van der Waals surface area contributed by atoms with Gasteiger partial charge in [-0.3, -0.25) is 24.2 Å². The number of alkyl carbamates (subject to hydrolysis) is 1. The van der Waals surface area contributed by atoms with Gasteiger partial charge in [0.1, 0.15) is 17.6 Å². The number of ketones is 1. The minimum atomic E-state index is -0.703. The molecule has 13 heteroatoms. The number of hydrogen-bond acceptors (Lipinski definition) is 9. The zero-order valence-corrected chi connectivity index (χ0v) is 35.5. The number of allylic oxidation sites excluding steroid dienone is 1. The number of ether oxygens (including phenoxy) is 2. The van der Waals surface area contributed by atoms with E-state index in [4.69, 9.17) is 19.5 Å². The Morgan fingerprint density at radius 3 is 2.08 bits per heavy atom. The van der Waals surface area contributed by atoms with Crippen molar-refractivity contribution < 1.29 is 33.4 Å². The highest BCUT2D eigenvalue weighted by Crippen LogP contribution is 2.56. The van der Waals surface area contributed by atoms with Crippen LogP contribution in [0.1, 0.15) is 119 Å². The highest BCUT2D eigenvalue weighted by molar-refractivity contribution is 6.07. The predicted octanol–water partition coefficient (Wildman–Crippen LogP) is 7.34. The minimum Gasteiger partial charge on any atom is -0.469 e. The molecule has 2 aromatic carbocycles. The van der Waals surface area contributed by atoms with Crippen LogP contribution >= 0.6 is 0 Å². The normalized spacial score (nSPS) is 22.9. The van der Waals surface area contributed by atoms with Gasteiger partial charge in [-0.25, -0.2) is 9.78 Å². The van der Waals surface area contributed by atoms with Crippen molar-refractivity contribution in [1.29, 1.82) is 0 Å². The molecule has 2 unspecified atom stereocenters. The lowest BCUT2D eigenvalue weighted by Gasteiger charge is -2.30. The monoisotopic (exact) mass is 816 g/mol. The Labute approximate surface area is 351 Å². The zero-order chi connectivity index (χ0) is 42.4. The second-order valence-corrected chi connectivity index (χ2v) is 17.7. The maximum Gasteiger partial charge on any atom is 0.407 e. The molecule has 13 nitrogen and oxygen atoms in total. The molecule has 5 aliphatic rings. The summed E-state index contributed by atoms with van der Waals surface area (Å²) < 4.78 is 9.69. The summed E-state index contributed by atoms with van der Waals surface area (Å²) in [5.41, 5.74) is 9.29. The van der Waals surface area contributed by atoms with Crippen molar-refractivity contribution in [2.75, 3.05) is 27.3 Å². The Morgan fingerprint density at radius 2 is 1.43 bits per heavy atom. The van der Waals surface area contributed by atoms with Crippen LogP contribution in [0, 0.1) is 17.8 Å². The second-order valence-electron chi connectivity index (χ2n) is 17.7. The first-order chi connectivity index (χ1) is 28.9. The van der Waals surface area contributed by atoms with Crippen molar-refractivity contribution in [3.05, 3.63) is 71.3 Å². The van der Waals surface area contributed by atoms with E-state index in [0.717, 1.165) is 88.9 Å². The number of methoxy groups -OCH3 is 2. The van der Waals surface area contributed by atoms with Gasteiger partial charge < -0.3 is 29.6 Å². The number of amides is 3. The van der Waals surface area contributed by atoms with Crippen LogP contribution in [-0.4, -0.2) is 94.5 Å². The molecule has 3 amide bonds. The summed E-state index contributed by atoms with van der Waals surface area (Å²) >= 11 is 0. The zero-order valence-electron chi connectivity index (χ0n) is 35.5. The standard InChI is InChI=1S/C47H56N6O7/c1-25(2)34(22-39(54)59-5)45(56)52-19-7-9-37(52)35-21-29(23-48-35)31-16-15-30(40-32-17-18-33(41(31)40)43(32)55)27-11-13-28(14-12-27)36-24-49-44(50-36)38-10-8-20-53(38)46(57)42(26(3)4)51-47(58)60-6/h11-16,23-26,32-34,37-38,42H,7-10,17-22H2,1-6H3,(H,49,50)(H,51,58)/t32?,33?,34-,37-,38-,42-/m0/s1. The van der Waals surface area contributed by atoms with E-state index >= 15 is 0 Å². The van der Waals surface area contributed by atoms with E-state index in [9.17, 15) is 24.0 Å². The third-order valence-electron chi connectivity index (χ3n) is 13.5. The average Bonchev–Trinajstić information content (AvgIpc) is 4.12. The SMILES string of the molecule is COC(=O)C[C@H](C(=O)N1CCC[C@H]1C1=NC=C(c2ccc(-c3ccc(-c4cnc([C@@H]5CCCN5C(=O)[C@@H](NC(=O)OC)C(C)C)[nH]4)cc3)c3c2C2CCC3C2=O)C1)C(C)C. The number of carbonyl (C=O) groups is 5. The van der Waals surface area contributed by atoms with Gasteiger partial charge in [-0.2, -0.15) is 0 Å². The van der Waals surface area contributed by atoms with Crippen molar-refractivity contribution in [3.63, 3.8) is 0 Å². The van der Waals surface area contributed by atoms with Crippen LogP contribution in [0.5, 0.6) is 0 Å². The van der Waals surface area contributed by atoms with Crippen LogP contribution in [0.2, 0.25) is 0 Å². The van der Waals surface area contributed by atoms with Crippen molar-refractivity contribution >= 4 is 40.9 Å². The lowest BCUT2D eigenvalue weighted by molar-refractivity contribution is -0.148. The number of benzene rings is 2. The Morgan fingerprint density at radius 1 is 0.800 bits per heavy atom.